The van der Waals surface area contributed by atoms with E-state index in [1.54, 1.807) is 19.3 Å². The first kappa shape index (κ1) is 18.7. The minimum atomic E-state index is -1.03. The number of ether oxygens (including phenoxy) is 2. The molecule has 25 heavy (non-hydrogen) atoms. The second-order valence-corrected chi connectivity index (χ2v) is 6.36. The molecule has 0 spiro atoms. The number of aromatic carboxylic acids is 1. The number of ketones is 1. The van der Waals surface area contributed by atoms with Gasteiger partial charge in [-0.2, -0.15) is 0 Å². The highest BCUT2D eigenvalue weighted by atomic mass is 32.1. The van der Waals surface area contributed by atoms with Gasteiger partial charge >= 0.3 is 5.97 Å². The van der Waals surface area contributed by atoms with Crippen molar-refractivity contribution in [1.82, 2.24) is 0 Å². The molecule has 0 aliphatic heterocycles. The molecule has 1 aromatic carbocycles. The zero-order valence-corrected chi connectivity index (χ0v) is 15.0. The van der Waals surface area contributed by atoms with Crippen LogP contribution in [0.25, 0.3) is 6.08 Å². The lowest BCUT2D eigenvalue weighted by Crippen LogP contribution is -1.99. The molecule has 0 aliphatic rings. The van der Waals surface area contributed by atoms with Gasteiger partial charge in [-0.1, -0.05) is 25.5 Å². The highest BCUT2D eigenvalue weighted by Gasteiger charge is 2.11. The molecular weight excluding hydrogens is 340 g/mol. The Balaban J connectivity index is 2.12. The Bertz CT molecular complexity index is 776. The van der Waals surface area contributed by atoms with Crippen LogP contribution in [0.5, 0.6) is 11.5 Å². The number of methoxy groups -OCH3 is 1. The van der Waals surface area contributed by atoms with Crippen LogP contribution in [0.3, 0.4) is 0 Å². The molecule has 0 saturated carbocycles. The molecule has 0 amide bonds. The van der Waals surface area contributed by atoms with Crippen LogP contribution in [-0.2, 0) is 0 Å². The SMILES string of the molecule is CCCCOc1cc(/C=C/C(=O)c2ccc(C(=O)O)s2)ccc1OC. The van der Waals surface area contributed by atoms with Crippen molar-refractivity contribution in [3.05, 3.63) is 51.7 Å². The van der Waals surface area contributed by atoms with Crippen LogP contribution in [0, 0.1) is 0 Å². The fraction of sp³-hybridized carbons (Fsp3) is 0.263. The normalized spacial score (nSPS) is 10.8. The Morgan fingerprint density at radius 3 is 2.56 bits per heavy atom. The van der Waals surface area contributed by atoms with Crippen molar-refractivity contribution in [3.63, 3.8) is 0 Å². The number of rotatable bonds is 9. The summed E-state index contributed by atoms with van der Waals surface area (Å²) in [4.78, 5) is 23.6. The molecule has 2 aromatic rings. The van der Waals surface area contributed by atoms with Gasteiger partial charge in [0.05, 0.1) is 18.6 Å². The van der Waals surface area contributed by atoms with Gasteiger partial charge in [0.15, 0.2) is 17.3 Å². The van der Waals surface area contributed by atoms with E-state index in [0.29, 0.717) is 23.0 Å². The summed E-state index contributed by atoms with van der Waals surface area (Å²) in [5.74, 6) is 0.0117. The summed E-state index contributed by atoms with van der Waals surface area (Å²) >= 11 is 0.962. The third kappa shape index (κ3) is 5.19. The maximum absolute atomic E-state index is 12.1. The summed E-state index contributed by atoms with van der Waals surface area (Å²) in [7, 11) is 1.58. The molecular formula is C19H20O5S. The number of carbonyl (C=O) groups excluding carboxylic acids is 1. The number of benzene rings is 1. The molecule has 1 heterocycles. The molecule has 1 N–H and O–H groups in total. The van der Waals surface area contributed by atoms with Crippen molar-refractivity contribution < 1.29 is 24.2 Å². The summed E-state index contributed by atoms with van der Waals surface area (Å²) in [6.45, 7) is 2.69. The molecule has 132 valence electrons. The predicted molar refractivity (Wildman–Crippen MR) is 98.0 cm³/mol. The van der Waals surface area contributed by atoms with Crippen LogP contribution in [0.15, 0.2) is 36.4 Å². The van der Waals surface area contributed by atoms with E-state index in [1.165, 1.54) is 18.2 Å². The quantitative estimate of drug-likeness (QED) is 0.404. The lowest BCUT2D eigenvalue weighted by molar-refractivity contribution is 0.0702. The third-order valence-corrected chi connectivity index (χ3v) is 4.52. The Morgan fingerprint density at radius 2 is 1.92 bits per heavy atom. The molecule has 2 rings (SSSR count). The van der Waals surface area contributed by atoms with Crippen LogP contribution in [0.2, 0.25) is 0 Å². The Morgan fingerprint density at radius 1 is 1.16 bits per heavy atom. The number of unbranched alkanes of at least 4 members (excludes halogenated alkanes) is 1. The third-order valence-electron chi connectivity index (χ3n) is 3.43. The number of carboxylic acids is 1. The maximum atomic E-state index is 12.1. The van der Waals surface area contributed by atoms with Gasteiger partial charge in [-0.15, -0.1) is 11.3 Å². The molecule has 0 unspecified atom stereocenters. The predicted octanol–water partition coefficient (Wildman–Crippen LogP) is 4.53. The van der Waals surface area contributed by atoms with Crippen LogP contribution in [-0.4, -0.2) is 30.6 Å². The van der Waals surface area contributed by atoms with Crippen molar-refractivity contribution in [2.75, 3.05) is 13.7 Å². The van der Waals surface area contributed by atoms with Crippen molar-refractivity contribution in [1.29, 1.82) is 0 Å². The number of hydrogen-bond acceptors (Lipinski definition) is 5. The van der Waals surface area contributed by atoms with Gasteiger partial charge in [0, 0.05) is 0 Å². The lowest BCUT2D eigenvalue weighted by atomic mass is 10.1. The van der Waals surface area contributed by atoms with Gasteiger partial charge in [0.25, 0.3) is 0 Å². The number of thiophene rings is 1. The van der Waals surface area contributed by atoms with Crippen LogP contribution < -0.4 is 9.47 Å². The molecule has 6 heteroatoms. The van der Waals surface area contributed by atoms with E-state index < -0.39 is 5.97 Å². The van der Waals surface area contributed by atoms with E-state index in [9.17, 15) is 9.59 Å². The minimum absolute atomic E-state index is 0.146. The molecule has 1 aromatic heterocycles. The van der Waals surface area contributed by atoms with Gasteiger partial charge in [0.2, 0.25) is 0 Å². The molecule has 0 radical (unpaired) electrons. The van der Waals surface area contributed by atoms with E-state index >= 15 is 0 Å². The fourth-order valence-electron chi connectivity index (χ4n) is 2.08. The minimum Gasteiger partial charge on any atom is -0.493 e. The van der Waals surface area contributed by atoms with Crippen molar-refractivity contribution >= 4 is 29.2 Å². The second-order valence-electron chi connectivity index (χ2n) is 5.28. The molecule has 0 saturated heterocycles. The van der Waals surface area contributed by atoms with Crippen LogP contribution in [0.1, 0.15) is 44.7 Å². The van der Waals surface area contributed by atoms with E-state index in [2.05, 4.69) is 6.92 Å². The van der Waals surface area contributed by atoms with E-state index in [-0.39, 0.29) is 10.7 Å². The first-order valence-corrected chi connectivity index (χ1v) is 8.73. The van der Waals surface area contributed by atoms with Crippen LogP contribution in [0.4, 0.5) is 0 Å². The zero-order valence-electron chi connectivity index (χ0n) is 14.2. The van der Waals surface area contributed by atoms with Crippen molar-refractivity contribution in [2.24, 2.45) is 0 Å². The van der Waals surface area contributed by atoms with Gasteiger partial charge in [-0.25, -0.2) is 4.79 Å². The largest absolute Gasteiger partial charge is 0.493 e. The smallest absolute Gasteiger partial charge is 0.345 e. The van der Waals surface area contributed by atoms with E-state index in [0.717, 1.165) is 29.7 Å². The number of carbonyl (C=O) groups is 2. The Labute approximate surface area is 150 Å². The first-order valence-electron chi connectivity index (χ1n) is 7.91. The van der Waals surface area contributed by atoms with Gasteiger partial charge < -0.3 is 14.6 Å². The van der Waals surface area contributed by atoms with E-state index in [4.69, 9.17) is 14.6 Å². The lowest BCUT2D eigenvalue weighted by Gasteiger charge is -2.11. The number of allylic oxidation sites excluding steroid dienone is 1. The highest BCUT2D eigenvalue weighted by molar-refractivity contribution is 7.16. The van der Waals surface area contributed by atoms with Crippen LogP contribution >= 0.6 is 11.3 Å². The van der Waals surface area contributed by atoms with Gasteiger partial charge in [-0.3, -0.25) is 4.79 Å². The average molecular weight is 360 g/mol. The maximum Gasteiger partial charge on any atom is 0.345 e. The average Bonchev–Trinajstić information content (AvgIpc) is 3.10. The summed E-state index contributed by atoms with van der Waals surface area (Å²) < 4.78 is 11.0. The molecule has 5 nitrogen and oxygen atoms in total. The summed E-state index contributed by atoms with van der Waals surface area (Å²) in [5.41, 5.74) is 0.802. The summed E-state index contributed by atoms with van der Waals surface area (Å²) in [6.07, 6.45) is 5.09. The number of hydrogen-bond donors (Lipinski definition) is 1. The zero-order chi connectivity index (χ0) is 18.2. The molecule has 0 fully saturated rings. The Kier molecular flexibility index (Phi) is 6.77. The Hall–Kier alpha value is -2.60. The van der Waals surface area contributed by atoms with Gasteiger partial charge in [-0.05, 0) is 42.3 Å². The molecule has 0 aliphatic carbocycles. The topological polar surface area (TPSA) is 72.8 Å². The number of carboxylic acid groups (broad SMARTS) is 1. The molecule has 0 atom stereocenters. The van der Waals surface area contributed by atoms with Gasteiger partial charge in [0.1, 0.15) is 4.88 Å². The van der Waals surface area contributed by atoms with Crippen molar-refractivity contribution in [2.45, 2.75) is 19.8 Å². The standard InChI is InChI=1S/C19H20O5S/c1-3-4-11-24-16-12-13(6-8-15(16)23-2)5-7-14(20)17-9-10-18(25-17)19(21)22/h5-10,12H,3-4,11H2,1-2H3,(H,21,22)/b7-5+. The molecule has 0 bridgehead atoms. The fourth-order valence-corrected chi connectivity index (χ4v) is 2.84. The highest BCUT2D eigenvalue weighted by Crippen LogP contribution is 2.29. The summed E-state index contributed by atoms with van der Waals surface area (Å²) in [6, 6.07) is 8.39. The first-order chi connectivity index (χ1) is 12.0. The summed E-state index contributed by atoms with van der Waals surface area (Å²) in [5, 5.41) is 8.91. The second kappa shape index (κ2) is 9.03. The van der Waals surface area contributed by atoms with E-state index in [1.807, 2.05) is 12.1 Å². The monoisotopic (exact) mass is 360 g/mol. The van der Waals surface area contributed by atoms with Crippen molar-refractivity contribution in [3.8, 4) is 11.5 Å².